The second-order valence-electron chi connectivity index (χ2n) is 5.35. The van der Waals surface area contributed by atoms with E-state index in [4.69, 9.17) is 5.14 Å². The van der Waals surface area contributed by atoms with Crippen LogP contribution < -0.4 is 10.5 Å². The van der Waals surface area contributed by atoms with Crippen molar-refractivity contribution in [2.45, 2.75) is 50.0 Å². The molecule has 0 spiro atoms. The zero-order valence-electron chi connectivity index (χ0n) is 11.3. The monoisotopic (exact) mass is 282 g/mol. The number of hydrogen-bond donors (Lipinski definition) is 2. The molecule has 0 aliphatic heterocycles. The number of nitrogens with two attached hydrogens (primary N) is 1. The van der Waals surface area contributed by atoms with E-state index in [0.29, 0.717) is 6.04 Å². The summed E-state index contributed by atoms with van der Waals surface area (Å²) >= 11 is 0. The fourth-order valence-corrected chi connectivity index (χ4v) is 3.28. The Bertz CT molecular complexity index is 511. The molecule has 1 aliphatic rings. The van der Waals surface area contributed by atoms with Gasteiger partial charge in [-0.25, -0.2) is 13.6 Å². The molecule has 1 aliphatic carbocycles. The molecule has 0 heterocycles. The molecule has 19 heavy (non-hydrogen) atoms. The number of nitrogens with one attached hydrogen (secondary N) is 1. The highest BCUT2D eigenvalue weighted by Gasteiger charge is 2.20. The molecule has 2 atom stereocenters. The fraction of sp³-hybridized carbons (Fsp3) is 0.571. The van der Waals surface area contributed by atoms with Crippen LogP contribution in [-0.4, -0.2) is 14.5 Å². The van der Waals surface area contributed by atoms with Crippen molar-refractivity contribution in [3.63, 3.8) is 0 Å². The Hall–Kier alpha value is -1.07. The van der Waals surface area contributed by atoms with Gasteiger partial charge < -0.3 is 5.32 Å². The van der Waals surface area contributed by atoms with Crippen molar-refractivity contribution in [2.75, 3.05) is 5.32 Å². The third-order valence-electron chi connectivity index (χ3n) is 3.91. The second-order valence-corrected chi connectivity index (χ2v) is 6.91. The number of anilines is 1. The van der Waals surface area contributed by atoms with E-state index in [-0.39, 0.29) is 4.90 Å². The predicted octanol–water partition coefficient (Wildman–Crippen LogP) is 2.71. The zero-order valence-corrected chi connectivity index (χ0v) is 12.1. The van der Waals surface area contributed by atoms with Crippen molar-refractivity contribution in [1.82, 2.24) is 0 Å². The molecular formula is C14H22N2O2S. The van der Waals surface area contributed by atoms with Gasteiger partial charge in [-0.05, 0) is 43.0 Å². The fourth-order valence-electron chi connectivity index (χ4n) is 2.77. The summed E-state index contributed by atoms with van der Waals surface area (Å²) in [5, 5.41) is 8.57. The quantitative estimate of drug-likeness (QED) is 0.892. The molecule has 3 N–H and O–H groups in total. The number of benzene rings is 1. The van der Waals surface area contributed by atoms with E-state index in [1.54, 1.807) is 24.3 Å². The summed E-state index contributed by atoms with van der Waals surface area (Å²) in [6.07, 6.45) is 6.23. The van der Waals surface area contributed by atoms with Gasteiger partial charge in [0.05, 0.1) is 4.90 Å². The smallest absolute Gasteiger partial charge is 0.238 e. The first-order valence-corrected chi connectivity index (χ1v) is 8.43. The van der Waals surface area contributed by atoms with Crippen molar-refractivity contribution in [3.8, 4) is 0 Å². The van der Waals surface area contributed by atoms with Crippen LogP contribution in [0.15, 0.2) is 29.2 Å². The molecule has 2 unspecified atom stereocenters. The summed E-state index contributed by atoms with van der Waals surface area (Å²) in [6.45, 7) is 2.24. The van der Waals surface area contributed by atoms with E-state index in [0.717, 1.165) is 11.6 Å². The lowest BCUT2D eigenvalue weighted by Crippen LogP contribution is -2.27. The molecular weight excluding hydrogens is 260 g/mol. The van der Waals surface area contributed by atoms with Crippen LogP contribution in [0.2, 0.25) is 0 Å². The van der Waals surface area contributed by atoms with E-state index in [1.807, 2.05) is 0 Å². The molecule has 0 saturated heterocycles. The normalized spacial score (nSPS) is 24.1. The van der Waals surface area contributed by atoms with Crippen LogP contribution in [0.25, 0.3) is 0 Å². The van der Waals surface area contributed by atoms with Crippen LogP contribution >= 0.6 is 0 Å². The van der Waals surface area contributed by atoms with E-state index < -0.39 is 10.0 Å². The van der Waals surface area contributed by atoms with Gasteiger partial charge in [0.25, 0.3) is 0 Å². The number of primary sulfonamides is 1. The molecule has 5 heteroatoms. The summed E-state index contributed by atoms with van der Waals surface area (Å²) in [4.78, 5) is 0.160. The first kappa shape index (κ1) is 14.3. The molecule has 1 aromatic carbocycles. The highest BCUT2D eigenvalue weighted by atomic mass is 32.2. The maximum absolute atomic E-state index is 11.2. The average molecular weight is 282 g/mol. The van der Waals surface area contributed by atoms with Gasteiger partial charge in [-0.1, -0.05) is 26.2 Å². The average Bonchev–Trinajstić information content (AvgIpc) is 2.38. The number of rotatable bonds is 4. The van der Waals surface area contributed by atoms with Crippen molar-refractivity contribution in [3.05, 3.63) is 24.3 Å². The second kappa shape index (κ2) is 5.92. The van der Waals surface area contributed by atoms with Crippen LogP contribution in [0.1, 0.15) is 39.0 Å². The summed E-state index contributed by atoms with van der Waals surface area (Å²) in [7, 11) is -3.59. The molecule has 2 rings (SSSR count). The molecule has 0 bridgehead atoms. The van der Waals surface area contributed by atoms with Gasteiger partial charge >= 0.3 is 0 Å². The highest BCUT2D eigenvalue weighted by Crippen LogP contribution is 2.28. The Morgan fingerprint density at radius 2 is 1.95 bits per heavy atom. The maximum atomic E-state index is 11.2. The zero-order chi connectivity index (χ0) is 13.9. The molecule has 1 fully saturated rings. The van der Waals surface area contributed by atoms with Crippen LogP contribution in [0, 0.1) is 5.92 Å². The summed E-state index contributed by atoms with van der Waals surface area (Å²) < 4.78 is 22.3. The van der Waals surface area contributed by atoms with Gasteiger partial charge in [0, 0.05) is 11.7 Å². The van der Waals surface area contributed by atoms with Gasteiger partial charge in [-0.2, -0.15) is 0 Å². The third-order valence-corrected chi connectivity index (χ3v) is 4.84. The van der Waals surface area contributed by atoms with Crippen molar-refractivity contribution < 1.29 is 8.42 Å². The Kier molecular flexibility index (Phi) is 4.47. The number of sulfonamides is 1. The predicted molar refractivity (Wildman–Crippen MR) is 77.5 cm³/mol. The Morgan fingerprint density at radius 3 is 2.53 bits per heavy atom. The first-order chi connectivity index (χ1) is 8.99. The molecule has 4 nitrogen and oxygen atoms in total. The van der Waals surface area contributed by atoms with Crippen molar-refractivity contribution >= 4 is 15.7 Å². The third kappa shape index (κ3) is 3.94. The van der Waals surface area contributed by atoms with E-state index in [9.17, 15) is 8.42 Å². The number of hydrogen-bond acceptors (Lipinski definition) is 3. The summed E-state index contributed by atoms with van der Waals surface area (Å²) in [6, 6.07) is 7.18. The lowest BCUT2D eigenvalue weighted by atomic mass is 9.84. The minimum Gasteiger partial charge on any atom is -0.382 e. The molecule has 0 aromatic heterocycles. The van der Waals surface area contributed by atoms with Crippen molar-refractivity contribution in [2.24, 2.45) is 11.1 Å². The van der Waals surface area contributed by atoms with E-state index in [1.165, 1.54) is 32.1 Å². The lowest BCUT2D eigenvalue weighted by molar-refractivity contribution is 0.327. The Balaban J connectivity index is 2.00. The molecule has 0 amide bonds. The molecule has 1 saturated carbocycles. The SMILES string of the molecule is CCC1CCCC(Nc2ccc(S(N)(=O)=O)cc2)C1. The Labute approximate surface area is 115 Å². The maximum Gasteiger partial charge on any atom is 0.238 e. The first-order valence-electron chi connectivity index (χ1n) is 6.88. The van der Waals surface area contributed by atoms with Gasteiger partial charge in [-0.15, -0.1) is 0 Å². The minimum absolute atomic E-state index is 0.160. The lowest BCUT2D eigenvalue weighted by Gasteiger charge is -2.29. The van der Waals surface area contributed by atoms with Gasteiger partial charge in [-0.3, -0.25) is 0 Å². The summed E-state index contributed by atoms with van der Waals surface area (Å²) in [5.74, 6) is 0.815. The molecule has 0 radical (unpaired) electrons. The molecule has 106 valence electrons. The van der Waals surface area contributed by atoms with Crippen LogP contribution in [0.4, 0.5) is 5.69 Å². The van der Waals surface area contributed by atoms with Crippen LogP contribution in [-0.2, 0) is 10.0 Å². The Morgan fingerprint density at radius 1 is 1.26 bits per heavy atom. The minimum atomic E-state index is -3.59. The van der Waals surface area contributed by atoms with Crippen LogP contribution in [0.3, 0.4) is 0 Å². The van der Waals surface area contributed by atoms with E-state index in [2.05, 4.69) is 12.2 Å². The van der Waals surface area contributed by atoms with Crippen molar-refractivity contribution in [1.29, 1.82) is 0 Å². The van der Waals surface area contributed by atoms with Crippen LogP contribution in [0.5, 0.6) is 0 Å². The van der Waals surface area contributed by atoms with E-state index >= 15 is 0 Å². The summed E-state index contributed by atoms with van der Waals surface area (Å²) in [5.41, 5.74) is 0.967. The topological polar surface area (TPSA) is 72.2 Å². The van der Waals surface area contributed by atoms with Gasteiger partial charge in [0.15, 0.2) is 0 Å². The highest BCUT2D eigenvalue weighted by molar-refractivity contribution is 7.89. The standard InChI is InChI=1S/C14H22N2O2S/c1-2-11-4-3-5-13(10-11)16-12-6-8-14(9-7-12)19(15,17)18/h6-9,11,13,16H,2-5,10H2,1H3,(H2,15,17,18). The van der Waals surface area contributed by atoms with Gasteiger partial charge in [0.1, 0.15) is 0 Å². The molecule has 1 aromatic rings. The largest absolute Gasteiger partial charge is 0.382 e. The van der Waals surface area contributed by atoms with Gasteiger partial charge in [0.2, 0.25) is 10.0 Å².